The molecule has 23 heavy (non-hydrogen) atoms. The van der Waals surface area contributed by atoms with Gasteiger partial charge in [0.25, 0.3) is 0 Å². The van der Waals surface area contributed by atoms with E-state index in [4.69, 9.17) is 4.74 Å². The minimum atomic E-state index is 0.381. The third kappa shape index (κ3) is 3.00. The van der Waals surface area contributed by atoms with E-state index in [1.165, 1.54) is 23.1 Å². The molecule has 2 aromatic rings. The molecule has 0 bridgehead atoms. The first-order valence-electron chi connectivity index (χ1n) is 8.01. The zero-order valence-corrected chi connectivity index (χ0v) is 14.6. The van der Waals surface area contributed by atoms with Crippen molar-refractivity contribution < 1.29 is 4.74 Å². The van der Waals surface area contributed by atoms with Gasteiger partial charge in [-0.3, -0.25) is 0 Å². The molecule has 1 aliphatic carbocycles. The van der Waals surface area contributed by atoms with Crippen LogP contribution in [0.4, 0.5) is 0 Å². The van der Waals surface area contributed by atoms with Gasteiger partial charge in [-0.1, -0.05) is 19.4 Å². The second kappa shape index (κ2) is 5.80. The summed E-state index contributed by atoms with van der Waals surface area (Å²) in [6.45, 7) is 6.92. The van der Waals surface area contributed by atoms with Crippen LogP contribution >= 0.6 is 0 Å². The van der Waals surface area contributed by atoms with Crippen LogP contribution in [0.1, 0.15) is 45.6 Å². The Labute approximate surface area is 137 Å². The summed E-state index contributed by atoms with van der Waals surface area (Å²) in [7, 11) is 3.58. The normalized spacial score (nSPS) is 17.4. The van der Waals surface area contributed by atoms with Crippen LogP contribution in [0.5, 0.6) is 5.75 Å². The van der Waals surface area contributed by atoms with E-state index >= 15 is 0 Å². The molecule has 0 saturated carbocycles. The van der Waals surface area contributed by atoms with Gasteiger partial charge in [0.15, 0.2) is 5.82 Å². The summed E-state index contributed by atoms with van der Waals surface area (Å²) in [6.07, 6.45) is 3.40. The van der Waals surface area contributed by atoms with Crippen LogP contribution in [-0.4, -0.2) is 27.3 Å². The predicted octanol–water partition coefficient (Wildman–Crippen LogP) is 3.87. The molecule has 3 rings (SSSR count). The number of nitrogens with zero attached hydrogens (tertiary/aromatic N) is 4. The van der Waals surface area contributed by atoms with Crippen molar-refractivity contribution in [1.29, 1.82) is 0 Å². The van der Waals surface area contributed by atoms with Crippen LogP contribution in [0.2, 0.25) is 0 Å². The van der Waals surface area contributed by atoms with Crippen molar-refractivity contribution >= 4 is 5.57 Å². The second-order valence-corrected chi connectivity index (χ2v) is 7.14. The lowest BCUT2D eigenvalue weighted by Gasteiger charge is -2.32. The molecule has 122 valence electrons. The third-order valence-corrected chi connectivity index (χ3v) is 4.71. The predicted molar refractivity (Wildman–Crippen MR) is 91.0 cm³/mol. The van der Waals surface area contributed by atoms with Crippen molar-refractivity contribution in [2.45, 2.75) is 40.0 Å². The molecule has 0 fully saturated rings. The molecule has 0 unspecified atom stereocenters. The quantitative estimate of drug-likeness (QED) is 0.863. The molecule has 0 N–H and O–H groups in total. The van der Waals surface area contributed by atoms with Gasteiger partial charge >= 0.3 is 0 Å². The standard InChI is InChI=1S/C18H24N4O/c1-12-11-18(2,3)9-8-14(12)15-10-13(6-7-16(15)23-5)17-19-20-21-22(17)4/h6-7,10H,8-9,11H2,1-5H3. The average molecular weight is 312 g/mol. The first-order chi connectivity index (χ1) is 10.9. The van der Waals surface area contributed by atoms with Crippen molar-refractivity contribution in [3.8, 4) is 17.1 Å². The zero-order valence-electron chi connectivity index (χ0n) is 14.6. The van der Waals surface area contributed by atoms with Crippen LogP contribution in [0.15, 0.2) is 23.8 Å². The van der Waals surface area contributed by atoms with Gasteiger partial charge in [-0.05, 0) is 65.8 Å². The van der Waals surface area contributed by atoms with Crippen LogP contribution in [0.25, 0.3) is 17.0 Å². The Hall–Kier alpha value is -2.17. The summed E-state index contributed by atoms with van der Waals surface area (Å²) in [5.41, 5.74) is 5.41. The monoisotopic (exact) mass is 312 g/mol. The Balaban J connectivity index is 2.09. The third-order valence-electron chi connectivity index (χ3n) is 4.71. The molecule has 5 nitrogen and oxygen atoms in total. The molecular weight excluding hydrogens is 288 g/mol. The van der Waals surface area contributed by atoms with Crippen molar-refractivity contribution in [2.24, 2.45) is 12.5 Å². The van der Waals surface area contributed by atoms with Crippen molar-refractivity contribution in [3.05, 3.63) is 29.3 Å². The Morgan fingerprint density at radius 1 is 1.26 bits per heavy atom. The number of aromatic nitrogens is 4. The smallest absolute Gasteiger partial charge is 0.181 e. The number of methoxy groups -OCH3 is 1. The van der Waals surface area contributed by atoms with Gasteiger partial charge in [-0.2, -0.15) is 0 Å². The number of ether oxygens (including phenoxy) is 1. The summed E-state index contributed by atoms with van der Waals surface area (Å²) in [4.78, 5) is 0. The number of allylic oxidation sites excluding steroid dienone is 2. The lowest BCUT2D eigenvalue weighted by molar-refractivity contribution is 0.324. The summed E-state index contributed by atoms with van der Waals surface area (Å²) in [5, 5.41) is 11.8. The number of hydrogen-bond acceptors (Lipinski definition) is 4. The molecule has 0 saturated heterocycles. The number of aryl methyl sites for hydroxylation is 1. The van der Waals surface area contributed by atoms with Gasteiger partial charge in [0.05, 0.1) is 7.11 Å². The molecule has 5 heteroatoms. The fourth-order valence-corrected chi connectivity index (χ4v) is 3.51. The Morgan fingerprint density at radius 2 is 2.04 bits per heavy atom. The Bertz CT molecular complexity index is 758. The molecule has 1 aromatic heterocycles. The largest absolute Gasteiger partial charge is 0.496 e. The molecule has 0 radical (unpaired) electrons. The number of hydrogen-bond donors (Lipinski definition) is 0. The van der Waals surface area contributed by atoms with Gasteiger partial charge in [0.2, 0.25) is 0 Å². The lowest BCUT2D eigenvalue weighted by atomic mass is 9.73. The van der Waals surface area contributed by atoms with Crippen molar-refractivity contribution in [1.82, 2.24) is 20.2 Å². The molecule has 0 spiro atoms. The average Bonchev–Trinajstić information content (AvgIpc) is 2.92. The SMILES string of the molecule is COc1ccc(-c2nnnn2C)cc1C1=C(C)CC(C)(C)CC1. The molecular formula is C18H24N4O. The number of benzene rings is 1. The van der Waals surface area contributed by atoms with Crippen LogP contribution in [0, 0.1) is 5.41 Å². The van der Waals surface area contributed by atoms with Gasteiger partial charge in [-0.15, -0.1) is 5.10 Å². The molecule has 1 heterocycles. The highest BCUT2D eigenvalue weighted by atomic mass is 16.5. The highest BCUT2D eigenvalue weighted by Crippen LogP contribution is 2.44. The van der Waals surface area contributed by atoms with E-state index in [2.05, 4.69) is 42.4 Å². The van der Waals surface area contributed by atoms with Gasteiger partial charge in [-0.25, -0.2) is 4.68 Å². The molecule has 0 amide bonds. The van der Waals surface area contributed by atoms with Gasteiger partial charge in [0.1, 0.15) is 5.75 Å². The fraction of sp³-hybridized carbons (Fsp3) is 0.500. The lowest BCUT2D eigenvalue weighted by Crippen LogP contribution is -2.17. The highest BCUT2D eigenvalue weighted by Gasteiger charge is 2.27. The van der Waals surface area contributed by atoms with Crippen LogP contribution in [-0.2, 0) is 7.05 Å². The maximum absolute atomic E-state index is 5.61. The van der Waals surface area contributed by atoms with Crippen LogP contribution < -0.4 is 4.74 Å². The topological polar surface area (TPSA) is 52.8 Å². The zero-order chi connectivity index (χ0) is 16.6. The van der Waals surface area contributed by atoms with E-state index < -0.39 is 0 Å². The second-order valence-electron chi connectivity index (χ2n) is 7.14. The number of tetrazole rings is 1. The minimum Gasteiger partial charge on any atom is -0.496 e. The summed E-state index contributed by atoms with van der Waals surface area (Å²) >= 11 is 0. The van der Waals surface area contributed by atoms with Crippen LogP contribution in [0.3, 0.4) is 0 Å². The van der Waals surface area contributed by atoms with E-state index in [9.17, 15) is 0 Å². The van der Waals surface area contributed by atoms with E-state index in [0.717, 1.165) is 30.0 Å². The first kappa shape index (κ1) is 15.7. The molecule has 0 atom stereocenters. The maximum atomic E-state index is 5.61. The van der Waals surface area contributed by atoms with Crippen molar-refractivity contribution in [2.75, 3.05) is 7.11 Å². The van der Waals surface area contributed by atoms with Gasteiger partial charge < -0.3 is 4.74 Å². The molecule has 0 aliphatic heterocycles. The number of rotatable bonds is 3. The van der Waals surface area contributed by atoms with E-state index in [1.54, 1.807) is 11.8 Å². The molecule has 1 aromatic carbocycles. The van der Waals surface area contributed by atoms with E-state index in [1.807, 2.05) is 19.2 Å². The van der Waals surface area contributed by atoms with Crippen molar-refractivity contribution in [3.63, 3.8) is 0 Å². The van der Waals surface area contributed by atoms with E-state index in [0.29, 0.717) is 5.41 Å². The Morgan fingerprint density at radius 3 is 2.65 bits per heavy atom. The van der Waals surface area contributed by atoms with E-state index in [-0.39, 0.29) is 0 Å². The summed E-state index contributed by atoms with van der Waals surface area (Å²) in [6, 6.07) is 6.18. The summed E-state index contributed by atoms with van der Waals surface area (Å²) in [5.74, 6) is 1.68. The van der Waals surface area contributed by atoms with Gasteiger partial charge in [0, 0.05) is 18.2 Å². The fourth-order valence-electron chi connectivity index (χ4n) is 3.51. The Kier molecular flexibility index (Phi) is 3.96. The first-order valence-corrected chi connectivity index (χ1v) is 8.01. The maximum Gasteiger partial charge on any atom is 0.181 e. The highest BCUT2D eigenvalue weighted by molar-refractivity contribution is 5.77. The summed E-state index contributed by atoms with van der Waals surface area (Å²) < 4.78 is 7.30. The molecule has 1 aliphatic rings. The minimum absolute atomic E-state index is 0.381.